The summed E-state index contributed by atoms with van der Waals surface area (Å²) >= 11 is 0. The zero-order valence-corrected chi connectivity index (χ0v) is 16.8. The molecule has 0 fully saturated rings. The van der Waals surface area contributed by atoms with E-state index in [1.165, 1.54) is 12.1 Å². The van der Waals surface area contributed by atoms with Gasteiger partial charge in [0.25, 0.3) is 0 Å². The van der Waals surface area contributed by atoms with Gasteiger partial charge in [0.15, 0.2) is 0 Å². The van der Waals surface area contributed by atoms with Crippen LogP contribution < -0.4 is 5.32 Å². The second-order valence-electron chi connectivity index (χ2n) is 7.08. The minimum atomic E-state index is -4.42. The van der Waals surface area contributed by atoms with Crippen molar-refractivity contribution < 1.29 is 22.5 Å². The number of anilines is 1. The third kappa shape index (κ3) is 5.21. The molecule has 1 aromatic heterocycles. The van der Waals surface area contributed by atoms with E-state index >= 15 is 0 Å². The van der Waals surface area contributed by atoms with Gasteiger partial charge < -0.3 is 9.84 Å². The lowest BCUT2D eigenvalue weighted by molar-refractivity contribution is -0.137. The Labute approximate surface area is 181 Å². The predicted octanol–water partition coefficient (Wildman–Crippen LogP) is 5.99. The highest BCUT2D eigenvalue weighted by Crippen LogP contribution is 2.30. The smallest absolute Gasteiger partial charge is 0.339 e. The Hall–Kier alpha value is -3.94. The second-order valence-corrected chi connectivity index (χ2v) is 7.08. The van der Waals surface area contributed by atoms with Crippen molar-refractivity contribution in [1.82, 2.24) is 10.1 Å². The SMILES string of the molecule is O=C(CCc1nc(-c2ccc(-c3ccccc3)cc2)no1)Nc1ccc(C(F)(F)F)cc1. The first-order valence-corrected chi connectivity index (χ1v) is 9.84. The summed E-state index contributed by atoms with van der Waals surface area (Å²) in [7, 11) is 0. The maximum atomic E-state index is 12.6. The number of halogens is 3. The van der Waals surface area contributed by atoms with Gasteiger partial charge in [-0.05, 0) is 35.4 Å². The third-order valence-electron chi connectivity index (χ3n) is 4.78. The van der Waals surface area contributed by atoms with E-state index in [1.807, 2.05) is 54.6 Å². The van der Waals surface area contributed by atoms with Crippen LogP contribution in [0.15, 0.2) is 83.4 Å². The number of benzene rings is 3. The number of nitrogens with zero attached hydrogens (tertiary/aromatic N) is 2. The highest BCUT2D eigenvalue weighted by molar-refractivity contribution is 5.90. The van der Waals surface area contributed by atoms with Crippen LogP contribution in [-0.2, 0) is 17.4 Å². The fourth-order valence-electron chi connectivity index (χ4n) is 3.10. The van der Waals surface area contributed by atoms with Crippen LogP contribution >= 0.6 is 0 Å². The number of nitrogens with one attached hydrogen (secondary N) is 1. The Kier molecular flexibility index (Phi) is 6.02. The van der Waals surface area contributed by atoms with Crippen molar-refractivity contribution in [3.05, 3.63) is 90.3 Å². The van der Waals surface area contributed by atoms with Gasteiger partial charge >= 0.3 is 6.18 Å². The normalized spacial score (nSPS) is 11.3. The van der Waals surface area contributed by atoms with Gasteiger partial charge in [0.1, 0.15) is 0 Å². The molecule has 0 unspecified atom stereocenters. The van der Waals surface area contributed by atoms with E-state index in [1.54, 1.807) is 0 Å². The molecule has 0 spiro atoms. The van der Waals surface area contributed by atoms with E-state index in [4.69, 9.17) is 4.52 Å². The summed E-state index contributed by atoms with van der Waals surface area (Å²) in [6.45, 7) is 0. The van der Waals surface area contributed by atoms with Gasteiger partial charge in [0.05, 0.1) is 5.56 Å². The molecule has 0 bridgehead atoms. The molecule has 162 valence electrons. The highest BCUT2D eigenvalue weighted by Gasteiger charge is 2.30. The molecule has 1 heterocycles. The number of amides is 1. The molecule has 32 heavy (non-hydrogen) atoms. The van der Waals surface area contributed by atoms with E-state index in [0.29, 0.717) is 11.7 Å². The highest BCUT2D eigenvalue weighted by atomic mass is 19.4. The Morgan fingerprint density at radius 2 is 1.47 bits per heavy atom. The third-order valence-corrected chi connectivity index (χ3v) is 4.78. The van der Waals surface area contributed by atoms with E-state index in [9.17, 15) is 18.0 Å². The van der Waals surface area contributed by atoms with Gasteiger partial charge in [-0.3, -0.25) is 4.79 Å². The summed E-state index contributed by atoms with van der Waals surface area (Å²) in [5, 5.41) is 6.51. The van der Waals surface area contributed by atoms with Gasteiger partial charge in [-0.2, -0.15) is 18.2 Å². The average molecular weight is 437 g/mol. The number of carbonyl (C=O) groups excluding carboxylic acids is 1. The van der Waals surface area contributed by atoms with Gasteiger partial charge in [0.2, 0.25) is 17.6 Å². The minimum Gasteiger partial charge on any atom is -0.339 e. The van der Waals surface area contributed by atoms with Crippen LogP contribution in [0.1, 0.15) is 17.9 Å². The molecule has 0 saturated carbocycles. The number of hydrogen-bond donors (Lipinski definition) is 1. The topological polar surface area (TPSA) is 68.0 Å². The van der Waals surface area contributed by atoms with Crippen LogP contribution in [0, 0.1) is 0 Å². The van der Waals surface area contributed by atoms with Crippen LogP contribution in [-0.4, -0.2) is 16.0 Å². The first-order chi connectivity index (χ1) is 15.4. The van der Waals surface area contributed by atoms with Crippen molar-refractivity contribution in [3.63, 3.8) is 0 Å². The molecule has 4 aromatic rings. The molecule has 1 N–H and O–H groups in total. The summed E-state index contributed by atoms with van der Waals surface area (Å²) < 4.78 is 43.0. The Balaban J connectivity index is 1.33. The van der Waals surface area contributed by atoms with Crippen molar-refractivity contribution in [2.24, 2.45) is 0 Å². The molecule has 0 radical (unpaired) electrons. The zero-order valence-electron chi connectivity index (χ0n) is 16.8. The molecular weight excluding hydrogens is 419 g/mol. The first-order valence-electron chi connectivity index (χ1n) is 9.84. The number of rotatable bonds is 6. The lowest BCUT2D eigenvalue weighted by Gasteiger charge is -2.08. The molecular formula is C24H18F3N3O2. The van der Waals surface area contributed by atoms with Crippen molar-refractivity contribution in [3.8, 4) is 22.5 Å². The Bertz CT molecular complexity index is 1190. The maximum absolute atomic E-state index is 12.6. The van der Waals surface area contributed by atoms with E-state index in [-0.39, 0.29) is 24.4 Å². The van der Waals surface area contributed by atoms with Crippen LogP contribution in [0.25, 0.3) is 22.5 Å². The van der Waals surface area contributed by atoms with Gasteiger partial charge in [0, 0.05) is 24.1 Å². The molecule has 4 rings (SSSR count). The van der Waals surface area contributed by atoms with E-state index in [2.05, 4.69) is 15.5 Å². The molecule has 0 aliphatic heterocycles. The molecule has 1 amide bonds. The lowest BCUT2D eigenvalue weighted by Crippen LogP contribution is -2.13. The maximum Gasteiger partial charge on any atom is 0.416 e. The monoisotopic (exact) mass is 437 g/mol. The van der Waals surface area contributed by atoms with Crippen LogP contribution in [0.2, 0.25) is 0 Å². The molecule has 5 nitrogen and oxygen atoms in total. The first kappa shape index (κ1) is 21.3. The molecule has 8 heteroatoms. The van der Waals surface area contributed by atoms with Crippen molar-refractivity contribution in [2.45, 2.75) is 19.0 Å². The summed E-state index contributed by atoms with van der Waals surface area (Å²) in [6, 6.07) is 22.0. The largest absolute Gasteiger partial charge is 0.416 e. The molecule has 0 saturated heterocycles. The number of aryl methyl sites for hydroxylation is 1. The average Bonchev–Trinajstić information content (AvgIpc) is 3.27. The predicted molar refractivity (Wildman–Crippen MR) is 114 cm³/mol. The lowest BCUT2D eigenvalue weighted by atomic mass is 10.0. The van der Waals surface area contributed by atoms with Crippen LogP contribution in [0.4, 0.5) is 18.9 Å². The zero-order chi connectivity index (χ0) is 22.6. The van der Waals surface area contributed by atoms with E-state index in [0.717, 1.165) is 28.8 Å². The number of aromatic nitrogens is 2. The molecule has 0 aliphatic rings. The van der Waals surface area contributed by atoms with Crippen LogP contribution in [0.5, 0.6) is 0 Å². The summed E-state index contributed by atoms with van der Waals surface area (Å²) in [5.41, 5.74) is 2.47. The van der Waals surface area contributed by atoms with Crippen molar-refractivity contribution >= 4 is 11.6 Å². The van der Waals surface area contributed by atoms with Gasteiger partial charge in [-0.1, -0.05) is 59.8 Å². The van der Waals surface area contributed by atoms with Gasteiger partial charge in [-0.25, -0.2) is 0 Å². The number of carbonyl (C=O) groups is 1. The Morgan fingerprint density at radius 3 is 2.12 bits per heavy atom. The number of alkyl halides is 3. The summed E-state index contributed by atoms with van der Waals surface area (Å²) in [5.74, 6) is 0.356. The van der Waals surface area contributed by atoms with E-state index < -0.39 is 11.7 Å². The standard InChI is InChI=1S/C24H18F3N3O2/c25-24(26,27)19-10-12-20(13-11-19)28-21(31)14-15-22-29-23(30-32-22)18-8-6-17(7-9-18)16-4-2-1-3-5-16/h1-13H,14-15H2,(H,28,31). The second kappa shape index (κ2) is 9.05. The van der Waals surface area contributed by atoms with Crippen molar-refractivity contribution in [1.29, 1.82) is 0 Å². The fourth-order valence-corrected chi connectivity index (χ4v) is 3.10. The molecule has 3 aromatic carbocycles. The Morgan fingerprint density at radius 1 is 0.844 bits per heavy atom. The summed E-state index contributed by atoms with van der Waals surface area (Å²) in [4.78, 5) is 16.4. The molecule has 0 aliphatic carbocycles. The quantitative estimate of drug-likeness (QED) is 0.402. The fraction of sp³-hybridized carbons (Fsp3) is 0.125. The van der Waals surface area contributed by atoms with Crippen molar-refractivity contribution in [2.75, 3.05) is 5.32 Å². The summed E-state index contributed by atoms with van der Waals surface area (Å²) in [6.07, 6.45) is -4.16. The molecule has 0 atom stereocenters. The minimum absolute atomic E-state index is 0.0512. The number of hydrogen-bond acceptors (Lipinski definition) is 4. The van der Waals surface area contributed by atoms with Crippen LogP contribution in [0.3, 0.4) is 0 Å². The van der Waals surface area contributed by atoms with Gasteiger partial charge in [-0.15, -0.1) is 0 Å².